The second kappa shape index (κ2) is 8.94. The van der Waals surface area contributed by atoms with Crippen LogP contribution in [0.15, 0.2) is 35.5 Å². The van der Waals surface area contributed by atoms with Gasteiger partial charge < -0.3 is 15.1 Å². The maximum absolute atomic E-state index is 13.5. The lowest BCUT2D eigenvalue weighted by Gasteiger charge is -2.45. The molecule has 5 rings (SSSR count). The molecule has 0 unspecified atom stereocenters. The Kier molecular flexibility index (Phi) is 6.03. The lowest BCUT2D eigenvalue weighted by atomic mass is 9.60. The third-order valence-corrected chi connectivity index (χ3v) is 8.01. The molecular formula is C25H32N2O5. The zero-order chi connectivity index (χ0) is 22.2. The number of oxime groups is 1. The van der Waals surface area contributed by atoms with Gasteiger partial charge in [0.05, 0.1) is 29.8 Å². The number of hydrogen-bond donors (Lipinski definition) is 2. The summed E-state index contributed by atoms with van der Waals surface area (Å²) < 4.78 is 0. The zero-order valence-corrected chi connectivity index (χ0v) is 18.3. The van der Waals surface area contributed by atoms with Crippen LogP contribution in [0.1, 0.15) is 56.9 Å². The van der Waals surface area contributed by atoms with Crippen molar-refractivity contribution in [1.29, 1.82) is 0 Å². The van der Waals surface area contributed by atoms with Crippen molar-refractivity contribution in [2.24, 2.45) is 28.8 Å². The molecule has 6 atom stereocenters. The van der Waals surface area contributed by atoms with Gasteiger partial charge in [-0.2, -0.15) is 0 Å². The fraction of sp³-hybridized carbons (Fsp3) is 0.640. The van der Waals surface area contributed by atoms with Gasteiger partial charge in [-0.05, 0) is 31.2 Å². The minimum Gasteiger partial charge on any atom is -0.391 e. The SMILES string of the molecule is O=C1[C@H]2[C@@H]3[C@@H](O)[C@H](O)CC(=NOCc4ccccc4)[C@@H]3CC[C@H]2C(=O)N1C1CCCCC1. The molecule has 1 aliphatic heterocycles. The van der Waals surface area contributed by atoms with Crippen LogP contribution in [0.2, 0.25) is 0 Å². The molecule has 2 amide bonds. The van der Waals surface area contributed by atoms with Crippen LogP contribution in [0.5, 0.6) is 0 Å². The molecule has 4 aliphatic rings. The molecule has 1 saturated heterocycles. The average Bonchev–Trinajstić information content (AvgIpc) is 3.08. The Morgan fingerprint density at radius 2 is 1.66 bits per heavy atom. The van der Waals surface area contributed by atoms with Crippen molar-refractivity contribution < 1.29 is 24.6 Å². The van der Waals surface area contributed by atoms with E-state index in [0.29, 0.717) is 25.2 Å². The van der Waals surface area contributed by atoms with Crippen LogP contribution >= 0.6 is 0 Å². The Labute approximate surface area is 188 Å². The second-order valence-corrected chi connectivity index (χ2v) is 9.84. The Morgan fingerprint density at radius 3 is 2.41 bits per heavy atom. The number of aliphatic hydroxyl groups is 2. The molecule has 7 nitrogen and oxygen atoms in total. The third-order valence-electron chi connectivity index (χ3n) is 8.01. The normalized spacial score (nSPS) is 36.8. The number of likely N-dealkylation sites (tertiary alicyclic amines) is 1. The fourth-order valence-electron chi connectivity index (χ4n) is 6.46. The molecule has 1 aromatic rings. The van der Waals surface area contributed by atoms with E-state index in [-0.39, 0.29) is 30.2 Å². The lowest BCUT2D eigenvalue weighted by molar-refractivity contribution is -0.145. The summed E-state index contributed by atoms with van der Waals surface area (Å²) >= 11 is 0. The highest BCUT2D eigenvalue weighted by Gasteiger charge is 2.60. The number of hydrogen-bond acceptors (Lipinski definition) is 6. The number of rotatable bonds is 4. The first-order valence-electron chi connectivity index (χ1n) is 12.0. The van der Waals surface area contributed by atoms with E-state index in [0.717, 1.165) is 37.7 Å². The van der Waals surface area contributed by atoms with Gasteiger partial charge in [0.1, 0.15) is 6.61 Å². The van der Waals surface area contributed by atoms with Crippen LogP contribution in [0.25, 0.3) is 0 Å². The first-order chi connectivity index (χ1) is 15.6. The Balaban J connectivity index is 1.37. The highest BCUT2D eigenvalue weighted by Crippen LogP contribution is 2.50. The van der Waals surface area contributed by atoms with Gasteiger partial charge in [0.15, 0.2) is 0 Å². The van der Waals surface area contributed by atoms with Crippen LogP contribution in [0, 0.1) is 23.7 Å². The minimum absolute atomic E-state index is 0.0131. The van der Waals surface area contributed by atoms with Crippen LogP contribution in [0.3, 0.4) is 0 Å². The number of carbonyl (C=O) groups is 2. The van der Waals surface area contributed by atoms with Gasteiger partial charge in [-0.1, -0.05) is 54.8 Å². The van der Waals surface area contributed by atoms with E-state index in [2.05, 4.69) is 5.16 Å². The van der Waals surface area contributed by atoms with Crippen molar-refractivity contribution in [2.75, 3.05) is 0 Å². The van der Waals surface area contributed by atoms with E-state index in [1.54, 1.807) is 0 Å². The summed E-state index contributed by atoms with van der Waals surface area (Å²) in [5.74, 6) is -1.85. The van der Waals surface area contributed by atoms with Crippen molar-refractivity contribution in [2.45, 2.75) is 76.2 Å². The van der Waals surface area contributed by atoms with E-state index >= 15 is 0 Å². The van der Waals surface area contributed by atoms with Crippen LogP contribution in [0.4, 0.5) is 0 Å². The van der Waals surface area contributed by atoms with Gasteiger partial charge in [-0.25, -0.2) is 0 Å². The molecule has 0 bridgehead atoms. The maximum atomic E-state index is 13.5. The monoisotopic (exact) mass is 440 g/mol. The maximum Gasteiger partial charge on any atom is 0.233 e. The summed E-state index contributed by atoms with van der Waals surface area (Å²) in [5, 5.41) is 25.9. The van der Waals surface area contributed by atoms with E-state index < -0.39 is 30.0 Å². The number of nitrogens with zero attached hydrogens (tertiary/aromatic N) is 2. The second-order valence-electron chi connectivity index (χ2n) is 9.84. The number of imide groups is 1. The molecular weight excluding hydrogens is 408 g/mol. The summed E-state index contributed by atoms with van der Waals surface area (Å²) in [4.78, 5) is 33.9. The van der Waals surface area contributed by atoms with Crippen molar-refractivity contribution in [3.8, 4) is 0 Å². The first-order valence-corrected chi connectivity index (χ1v) is 12.0. The highest BCUT2D eigenvalue weighted by molar-refractivity contribution is 6.06. The van der Waals surface area contributed by atoms with Crippen LogP contribution < -0.4 is 0 Å². The molecule has 172 valence electrons. The summed E-state index contributed by atoms with van der Waals surface area (Å²) in [7, 11) is 0. The number of benzene rings is 1. The predicted octanol–water partition coefficient (Wildman–Crippen LogP) is 2.64. The van der Waals surface area contributed by atoms with Crippen molar-refractivity contribution in [1.82, 2.24) is 4.90 Å². The number of aliphatic hydroxyl groups excluding tert-OH is 2. The Bertz CT molecular complexity index is 882. The smallest absolute Gasteiger partial charge is 0.233 e. The summed E-state index contributed by atoms with van der Waals surface area (Å²) in [6, 6.07) is 9.70. The highest BCUT2D eigenvalue weighted by atomic mass is 16.6. The van der Waals surface area contributed by atoms with E-state index in [1.807, 2.05) is 30.3 Å². The molecule has 1 heterocycles. The Hall–Kier alpha value is -2.25. The van der Waals surface area contributed by atoms with E-state index in [1.165, 1.54) is 4.90 Å². The number of fused-ring (bicyclic) bond motifs is 3. The van der Waals surface area contributed by atoms with E-state index in [4.69, 9.17) is 4.84 Å². The standard InChI is InChI=1S/C25H32N2O5/c28-20-13-19(26-32-14-15-7-3-1-4-8-15)17-11-12-18-22(21(17)23(20)29)25(31)27(24(18)30)16-9-5-2-6-10-16/h1,3-4,7-8,16-18,20-23,28-29H,2,5-6,9-14H2/t17-,18+,20+,21+,22+,23-/m0/s1. The summed E-state index contributed by atoms with van der Waals surface area (Å²) in [6.45, 7) is 0.319. The third kappa shape index (κ3) is 3.75. The number of carbonyl (C=O) groups excluding carboxylic acids is 2. The van der Waals surface area contributed by atoms with Gasteiger partial charge in [0.2, 0.25) is 11.8 Å². The molecule has 0 spiro atoms. The van der Waals surface area contributed by atoms with Crippen molar-refractivity contribution in [3.63, 3.8) is 0 Å². The zero-order valence-electron chi connectivity index (χ0n) is 18.3. The molecule has 7 heteroatoms. The van der Waals surface area contributed by atoms with Gasteiger partial charge >= 0.3 is 0 Å². The van der Waals surface area contributed by atoms with Crippen molar-refractivity contribution in [3.05, 3.63) is 35.9 Å². The topological polar surface area (TPSA) is 99.4 Å². The molecule has 4 fully saturated rings. The van der Waals surface area contributed by atoms with Crippen molar-refractivity contribution >= 4 is 17.5 Å². The van der Waals surface area contributed by atoms with Gasteiger partial charge in [0, 0.05) is 24.3 Å². The molecule has 0 aromatic heterocycles. The summed E-state index contributed by atoms with van der Waals surface area (Å²) in [6.07, 6.45) is 4.43. The Morgan fingerprint density at radius 1 is 0.938 bits per heavy atom. The van der Waals surface area contributed by atoms with Gasteiger partial charge in [-0.3, -0.25) is 14.5 Å². The molecule has 2 N–H and O–H groups in total. The lowest BCUT2D eigenvalue weighted by Crippen LogP contribution is -2.54. The average molecular weight is 441 g/mol. The molecule has 0 radical (unpaired) electrons. The molecule has 3 saturated carbocycles. The summed E-state index contributed by atoms with van der Waals surface area (Å²) in [5.41, 5.74) is 1.69. The van der Waals surface area contributed by atoms with E-state index in [9.17, 15) is 19.8 Å². The number of amides is 2. The predicted molar refractivity (Wildman–Crippen MR) is 117 cm³/mol. The quantitative estimate of drug-likeness (QED) is 0.554. The molecule has 3 aliphatic carbocycles. The fourth-order valence-corrected chi connectivity index (χ4v) is 6.46. The van der Waals surface area contributed by atoms with Gasteiger partial charge in [-0.15, -0.1) is 0 Å². The first kappa shape index (κ1) is 21.6. The van der Waals surface area contributed by atoms with Gasteiger partial charge in [0.25, 0.3) is 0 Å². The van der Waals surface area contributed by atoms with Crippen LogP contribution in [-0.4, -0.2) is 50.9 Å². The largest absolute Gasteiger partial charge is 0.391 e. The molecule has 1 aromatic carbocycles. The van der Waals surface area contributed by atoms with Crippen LogP contribution in [-0.2, 0) is 21.0 Å². The molecule has 32 heavy (non-hydrogen) atoms. The minimum atomic E-state index is -1.04.